The lowest BCUT2D eigenvalue weighted by Gasteiger charge is -2.25. The molecule has 4 nitrogen and oxygen atoms in total. The molecule has 0 atom stereocenters. The number of aromatic nitrogens is 2. The van der Waals surface area contributed by atoms with E-state index in [0.717, 1.165) is 35.8 Å². The molecule has 2 rings (SSSR count). The van der Waals surface area contributed by atoms with Crippen molar-refractivity contribution in [3.05, 3.63) is 16.0 Å². The largest absolute Gasteiger partial charge is 0.481 e. The number of rotatable bonds is 3. The maximum absolute atomic E-state index is 10.8. The number of carbonyl (C=O) groups is 1. The van der Waals surface area contributed by atoms with Crippen LogP contribution in [0.2, 0.25) is 0 Å². The third-order valence-electron chi connectivity index (χ3n) is 3.24. The SMILES string of the molecule is O=C(O)C1CCC(Cn2cc(I)cn2)CC1. The predicted octanol–water partition coefficient (Wildman–Crippen LogP) is 2.38. The van der Waals surface area contributed by atoms with Gasteiger partial charge in [0.2, 0.25) is 0 Å². The van der Waals surface area contributed by atoms with Crippen LogP contribution in [0.1, 0.15) is 25.7 Å². The van der Waals surface area contributed by atoms with Crippen LogP contribution in [0.25, 0.3) is 0 Å². The highest BCUT2D eigenvalue weighted by atomic mass is 127. The van der Waals surface area contributed by atoms with Crippen molar-refractivity contribution in [3.63, 3.8) is 0 Å². The van der Waals surface area contributed by atoms with Gasteiger partial charge >= 0.3 is 5.97 Å². The molecule has 0 unspecified atom stereocenters. The standard InChI is InChI=1S/C11H15IN2O2/c12-10-5-13-14(7-10)6-8-1-3-9(4-2-8)11(15)16/h5,7-9H,1-4,6H2,(H,15,16). The second-order valence-corrected chi connectivity index (χ2v) is 5.68. The Balaban J connectivity index is 1.83. The summed E-state index contributed by atoms with van der Waals surface area (Å²) in [6.45, 7) is 0.926. The van der Waals surface area contributed by atoms with E-state index < -0.39 is 5.97 Å². The van der Waals surface area contributed by atoms with E-state index in [0.29, 0.717) is 5.92 Å². The van der Waals surface area contributed by atoms with Crippen molar-refractivity contribution in [2.75, 3.05) is 0 Å². The molecule has 0 aromatic carbocycles. The van der Waals surface area contributed by atoms with Crippen LogP contribution in [-0.2, 0) is 11.3 Å². The molecular weight excluding hydrogens is 319 g/mol. The van der Waals surface area contributed by atoms with Gasteiger partial charge < -0.3 is 5.11 Å². The van der Waals surface area contributed by atoms with Crippen molar-refractivity contribution < 1.29 is 9.90 Å². The first kappa shape index (κ1) is 11.9. The van der Waals surface area contributed by atoms with E-state index in [1.54, 1.807) is 0 Å². The lowest BCUT2D eigenvalue weighted by atomic mass is 9.82. The number of aliphatic carboxylic acids is 1. The minimum absolute atomic E-state index is 0.117. The third-order valence-corrected chi connectivity index (χ3v) is 3.80. The Morgan fingerprint density at radius 2 is 2.19 bits per heavy atom. The van der Waals surface area contributed by atoms with E-state index in [4.69, 9.17) is 5.11 Å². The lowest BCUT2D eigenvalue weighted by molar-refractivity contribution is -0.143. The number of halogens is 1. The Kier molecular flexibility index (Phi) is 3.83. The summed E-state index contributed by atoms with van der Waals surface area (Å²) in [5.41, 5.74) is 0. The molecule has 16 heavy (non-hydrogen) atoms. The molecule has 0 spiro atoms. The van der Waals surface area contributed by atoms with Gasteiger partial charge in [0.1, 0.15) is 0 Å². The molecule has 0 saturated heterocycles. The van der Waals surface area contributed by atoms with Gasteiger partial charge in [-0.05, 0) is 54.2 Å². The van der Waals surface area contributed by atoms with Crippen LogP contribution in [0.3, 0.4) is 0 Å². The summed E-state index contributed by atoms with van der Waals surface area (Å²) in [5, 5.41) is 13.2. The number of hydrogen-bond acceptors (Lipinski definition) is 2. The Morgan fingerprint density at radius 3 is 2.69 bits per heavy atom. The Morgan fingerprint density at radius 1 is 1.50 bits per heavy atom. The smallest absolute Gasteiger partial charge is 0.306 e. The van der Waals surface area contributed by atoms with Crippen LogP contribution in [0.5, 0.6) is 0 Å². The predicted molar refractivity (Wildman–Crippen MR) is 68.0 cm³/mol. The average molecular weight is 334 g/mol. The number of nitrogens with zero attached hydrogens (tertiary/aromatic N) is 2. The highest BCUT2D eigenvalue weighted by Crippen LogP contribution is 2.29. The highest BCUT2D eigenvalue weighted by molar-refractivity contribution is 14.1. The average Bonchev–Trinajstić information content (AvgIpc) is 2.65. The van der Waals surface area contributed by atoms with Gasteiger partial charge in [0.25, 0.3) is 0 Å². The highest BCUT2D eigenvalue weighted by Gasteiger charge is 2.25. The van der Waals surface area contributed by atoms with Gasteiger partial charge in [0, 0.05) is 12.7 Å². The molecule has 1 heterocycles. The molecule has 1 saturated carbocycles. The molecule has 5 heteroatoms. The maximum atomic E-state index is 10.8. The van der Waals surface area contributed by atoms with Crippen molar-refractivity contribution in [3.8, 4) is 0 Å². The fraction of sp³-hybridized carbons (Fsp3) is 0.636. The van der Waals surface area contributed by atoms with Crippen molar-refractivity contribution in [2.45, 2.75) is 32.2 Å². The van der Waals surface area contributed by atoms with Gasteiger partial charge in [-0.25, -0.2) is 0 Å². The van der Waals surface area contributed by atoms with E-state index in [-0.39, 0.29) is 5.92 Å². The monoisotopic (exact) mass is 334 g/mol. The zero-order valence-electron chi connectivity index (χ0n) is 8.97. The molecule has 1 aliphatic carbocycles. The fourth-order valence-corrected chi connectivity index (χ4v) is 2.74. The van der Waals surface area contributed by atoms with Crippen LogP contribution in [0, 0.1) is 15.4 Å². The molecule has 1 aromatic heterocycles. The molecule has 1 fully saturated rings. The van der Waals surface area contributed by atoms with Crippen LogP contribution >= 0.6 is 22.6 Å². The summed E-state index contributed by atoms with van der Waals surface area (Å²) in [6.07, 6.45) is 7.53. The summed E-state index contributed by atoms with van der Waals surface area (Å²) in [5.74, 6) is -0.160. The van der Waals surface area contributed by atoms with Gasteiger partial charge in [-0.15, -0.1) is 0 Å². The maximum Gasteiger partial charge on any atom is 0.306 e. The van der Waals surface area contributed by atoms with Crippen molar-refractivity contribution in [1.29, 1.82) is 0 Å². The Bertz CT molecular complexity index is 370. The molecule has 88 valence electrons. The van der Waals surface area contributed by atoms with Crippen LogP contribution < -0.4 is 0 Å². The van der Waals surface area contributed by atoms with Crippen LogP contribution in [0.4, 0.5) is 0 Å². The van der Waals surface area contributed by atoms with Gasteiger partial charge in [-0.2, -0.15) is 5.10 Å². The molecule has 0 aliphatic heterocycles. The normalized spacial score (nSPS) is 25.6. The van der Waals surface area contributed by atoms with E-state index >= 15 is 0 Å². The van der Waals surface area contributed by atoms with Crippen molar-refractivity contribution in [2.24, 2.45) is 11.8 Å². The van der Waals surface area contributed by atoms with Gasteiger partial charge in [0.15, 0.2) is 0 Å². The quantitative estimate of drug-likeness (QED) is 0.864. The molecule has 1 aliphatic rings. The second-order valence-electron chi connectivity index (χ2n) is 4.44. The van der Waals surface area contributed by atoms with Gasteiger partial charge in [-0.3, -0.25) is 9.48 Å². The Hall–Kier alpha value is -0.590. The summed E-state index contributed by atoms with van der Waals surface area (Å²) >= 11 is 2.25. The minimum Gasteiger partial charge on any atom is -0.481 e. The lowest BCUT2D eigenvalue weighted by Crippen LogP contribution is -2.23. The molecule has 0 amide bonds. The first-order valence-corrected chi connectivity index (χ1v) is 6.64. The van der Waals surface area contributed by atoms with Crippen LogP contribution in [-0.4, -0.2) is 20.9 Å². The van der Waals surface area contributed by atoms with E-state index in [9.17, 15) is 4.79 Å². The first-order valence-electron chi connectivity index (χ1n) is 5.56. The van der Waals surface area contributed by atoms with Gasteiger partial charge in [0.05, 0.1) is 15.7 Å². The number of hydrogen-bond donors (Lipinski definition) is 1. The number of carboxylic acid groups (broad SMARTS) is 1. The van der Waals surface area contributed by atoms with Crippen molar-refractivity contribution in [1.82, 2.24) is 9.78 Å². The number of carboxylic acids is 1. The van der Waals surface area contributed by atoms with Gasteiger partial charge in [-0.1, -0.05) is 0 Å². The molecule has 0 bridgehead atoms. The van der Waals surface area contributed by atoms with Crippen LogP contribution in [0.15, 0.2) is 12.4 Å². The first-order chi connectivity index (χ1) is 7.65. The summed E-state index contributed by atoms with van der Waals surface area (Å²) in [4.78, 5) is 10.8. The van der Waals surface area contributed by atoms with Crippen molar-refractivity contribution >= 4 is 28.6 Å². The molecular formula is C11H15IN2O2. The molecule has 1 N–H and O–H groups in total. The molecule has 0 radical (unpaired) electrons. The van der Waals surface area contributed by atoms with E-state index in [1.807, 2.05) is 17.1 Å². The fourth-order valence-electron chi connectivity index (χ4n) is 2.29. The zero-order valence-corrected chi connectivity index (χ0v) is 11.1. The third kappa shape index (κ3) is 2.96. The Labute approximate surface area is 108 Å². The zero-order chi connectivity index (χ0) is 11.5. The summed E-state index contributed by atoms with van der Waals surface area (Å²) in [7, 11) is 0. The second kappa shape index (κ2) is 5.16. The summed E-state index contributed by atoms with van der Waals surface area (Å²) in [6, 6.07) is 0. The summed E-state index contributed by atoms with van der Waals surface area (Å²) < 4.78 is 3.12. The van der Waals surface area contributed by atoms with E-state index in [1.165, 1.54) is 0 Å². The molecule has 1 aromatic rings. The topological polar surface area (TPSA) is 55.1 Å². The van der Waals surface area contributed by atoms with E-state index in [2.05, 4.69) is 27.7 Å². The minimum atomic E-state index is -0.632.